The summed E-state index contributed by atoms with van der Waals surface area (Å²) in [5, 5.41) is 14.7. The van der Waals surface area contributed by atoms with Crippen molar-refractivity contribution in [1.29, 1.82) is 0 Å². The third kappa shape index (κ3) is 5.99. The average molecular weight is 517 g/mol. The second-order valence-electron chi connectivity index (χ2n) is 7.80. The van der Waals surface area contributed by atoms with E-state index in [2.05, 4.69) is 27.9 Å². The Morgan fingerprint density at radius 2 is 1.89 bits per heavy atom. The molecule has 0 aromatic heterocycles. The van der Waals surface area contributed by atoms with E-state index < -0.39 is 23.2 Å². The van der Waals surface area contributed by atoms with E-state index in [1.807, 2.05) is 45.0 Å². The summed E-state index contributed by atoms with van der Waals surface area (Å²) in [6, 6.07) is 14.9. The number of aliphatic hydroxyl groups is 1. The minimum absolute atomic E-state index is 0.164. The van der Waals surface area contributed by atoms with Gasteiger partial charge in [0.1, 0.15) is 5.60 Å². The fourth-order valence-corrected chi connectivity index (χ4v) is 3.58. The molecule has 0 radical (unpaired) electrons. The number of primary amides is 1. The molecule has 0 bridgehead atoms. The van der Waals surface area contributed by atoms with Gasteiger partial charge in [0.05, 0.1) is 12.6 Å². The van der Waals surface area contributed by atoms with Crippen molar-refractivity contribution >= 4 is 46.0 Å². The van der Waals surface area contributed by atoms with Crippen LogP contribution in [0.15, 0.2) is 48.5 Å². The number of carbonyl (C=O) groups is 1. The number of nitrogens with two attached hydrogens (primary N) is 1. The molecule has 2 rings (SSSR count). The molecule has 1 amide bonds. The van der Waals surface area contributed by atoms with Gasteiger partial charge in [0.2, 0.25) is 0 Å². The zero-order valence-electron chi connectivity index (χ0n) is 16.2. The molecule has 4 N–H and O–H groups in total. The molecule has 1 unspecified atom stereocenters. The summed E-state index contributed by atoms with van der Waals surface area (Å²) in [6.45, 7) is 6.15. The number of benzene rings is 2. The van der Waals surface area contributed by atoms with Crippen LogP contribution in [0.2, 0.25) is 5.02 Å². The van der Waals surface area contributed by atoms with Gasteiger partial charge in [-0.1, -0.05) is 44.5 Å². The molecule has 2 aromatic carbocycles. The highest BCUT2D eigenvalue weighted by Gasteiger charge is 2.47. The summed E-state index contributed by atoms with van der Waals surface area (Å²) in [5.41, 5.74) is 5.40. The molecule has 7 heteroatoms. The summed E-state index contributed by atoms with van der Waals surface area (Å²) >= 11 is 8.30. The Morgan fingerprint density at radius 3 is 2.43 bits per heavy atom. The molecule has 0 spiro atoms. The van der Waals surface area contributed by atoms with Crippen molar-refractivity contribution in [1.82, 2.24) is 0 Å². The Hall–Kier alpha value is -1.51. The minimum atomic E-state index is -1.05. The molecule has 0 heterocycles. The molecular formula is C21H26ClIN2O3. The van der Waals surface area contributed by atoms with E-state index >= 15 is 0 Å². The predicted octanol–water partition coefficient (Wildman–Crippen LogP) is 5.36. The van der Waals surface area contributed by atoms with Gasteiger partial charge >= 0.3 is 6.09 Å². The van der Waals surface area contributed by atoms with E-state index in [0.717, 1.165) is 9.26 Å². The summed E-state index contributed by atoms with van der Waals surface area (Å²) in [6.07, 6.45) is -1.59. The summed E-state index contributed by atoms with van der Waals surface area (Å²) in [5.74, 6) is 0. The lowest BCUT2D eigenvalue weighted by molar-refractivity contribution is -0.0838. The van der Waals surface area contributed by atoms with Gasteiger partial charge < -0.3 is 20.9 Å². The number of halogens is 2. The predicted molar refractivity (Wildman–Crippen MR) is 122 cm³/mol. The third-order valence-electron chi connectivity index (χ3n) is 4.84. The van der Waals surface area contributed by atoms with E-state index in [9.17, 15) is 9.90 Å². The number of amides is 1. The monoisotopic (exact) mass is 516 g/mol. The molecule has 0 fully saturated rings. The van der Waals surface area contributed by atoms with Gasteiger partial charge in [0.25, 0.3) is 0 Å². The first-order valence-corrected chi connectivity index (χ1v) is 10.4. The standard InChI is InChI=1S/C21H26ClIN2O3/c1-20(2,3)21(28-19(24)27,13-25-17-9-7-16(23)8-10-17)12-18(26)14-5-4-6-15(22)11-14/h4-11,18,25-26H,12-13H2,1-3H3,(H2,24,27)/t18-,21?/m1/s1. The number of nitrogens with one attached hydrogen (secondary N) is 1. The zero-order chi connectivity index (χ0) is 20.9. The van der Waals surface area contributed by atoms with Crippen molar-refractivity contribution in [2.45, 2.75) is 38.9 Å². The van der Waals surface area contributed by atoms with Crippen LogP contribution < -0.4 is 11.1 Å². The van der Waals surface area contributed by atoms with Gasteiger partial charge in [-0.2, -0.15) is 0 Å². The molecule has 2 aromatic rings. The van der Waals surface area contributed by atoms with E-state index in [-0.39, 0.29) is 13.0 Å². The lowest BCUT2D eigenvalue weighted by Gasteiger charge is -2.45. The fraction of sp³-hybridized carbons (Fsp3) is 0.381. The van der Waals surface area contributed by atoms with Crippen LogP contribution in [0.5, 0.6) is 0 Å². The van der Waals surface area contributed by atoms with Gasteiger partial charge in [0.15, 0.2) is 0 Å². The third-order valence-corrected chi connectivity index (χ3v) is 5.80. The first-order chi connectivity index (χ1) is 13.0. The lowest BCUT2D eigenvalue weighted by atomic mass is 9.72. The van der Waals surface area contributed by atoms with Gasteiger partial charge in [-0.15, -0.1) is 0 Å². The summed E-state index contributed by atoms with van der Waals surface area (Å²) < 4.78 is 6.77. The quantitative estimate of drug-likeness (QED) is 0.433. The average Bonchev–Trinajstić information content (AvgIpc) is 2.59. The van der Waals surface area contributed by atoms with Gasteiger partial charge in [-0.3, -0.25) is 0 Å². The molecule has 152 valence electrons. The molecule has 0 aliphatic rings. The summed E-state index contributed by atoms with van der Waals surface area (Å²) in [7, 11) is 0. The number of ether oxygens (including phenoxy) is 1. The molecule has 0 aliphatic carbocycles. The molecule has 28 heavy (non-hydrogen) atoms. The SMILES string of the molecule is CC(C)(C)C(CNc1ccc(I)cc1)(C[C@@H](O)c1cccc(Cl)c1)OC(N)=O. The van der Waals surface area contributed by atoms with Crippen LogP contribution in [-0.2, 0) is 4.74 Å². The van der Waals surface area contributed by atoms with Gasteiger partial charge in [-0.25, -0.2) is 4.79 Å². The highest BCUT2D eigenvalue weighted by Crippen LogP contribution is 2.41. The topological polar surface area (TPSA) is 84.6 Å². The minimum Gasteiger partial charge on any atom is -0.441 e. The largest absolute Gasteiger partial charge is 0.441 e. The fourth-order valence-electron chi connectivity index (χ4n) is 3.02. The Kier molecular flexibility index (Phi) is 7.59. The van der Waals surface area contributed by atoms with Crippen LogP contribution in [0.25, 0.3) is 0 Å². The Labute approximate surface area is 184 Å². The van der Waals surface area contributed by atoms with Crippen LogP contribution in [0.4, 0.5) is 10.5 Å². The highest BCUT2D eigenvalue weighted by molar-refractivity contribution is 14.1. The van der Waals surface area contributed by atoms with Gasteiger partial charge in [-0.05, 0) is 64.6 Å². The Balaban J connectivity index is 2.32. The molecule has 0 saturated heterocycles. The lowest BCUT2D eigenvalue weighted by Crippen LogP contribution is -2.53. The number of hydrogen-bond donors (Lipinski definition) is 3. The van der Waals surface area contributed by atoms with Crippen molar-refractivity contribution in [3.8, 4) is 0 Å². The van der Waals surface area contributed by atoms with Crippen LogP contribution in [0, 0.1) is 8.99 Å². The molecule has 0 aliphatic heterocycles. The van der Waals surface area contributed by atoms with E-state index in [0.29, 0.717) is 10.6 Å². The number of carbonyl (C=O) groups excluding carboxylic acids is 1. The second kappa shape index (κ2) is 9.33. The van der Waals surface area contributed by atoms with E-state index in [1.165, 1.54) is 0 Å². The maximum Gasteiger partial charge on any atom is 0.405 e. The Morgan fingerprint density at radius 1 is 1.25 bits per heavy atom. The van der Waals surface area contributed by atoms with Crippen molar-refractivity contribution in [2.75, 3.05) is 11.9 Å². The number of rotatable bonds is 7. The first-order valence-electron chi connectivity index (χ1n) is 8.94. The normalized spacial score (nSPS) is 14.8. The van der Waals surface area contributed by atoms with Crippen LogP contribution in [0.3, 0.4) is 0 Å². The van der Waals surface area contributed by atoms with Crippen LogP contribution in [-0.4, -0.2) is 23.3 Å². The maximum absolute atomic E-state index is 11.8. The van der Waals surface area contributed by atoms with Crippen molar-refractivity contribution in [3.05, 3.63) is 62.7 Å². The highest BCUT2D eigenvalue weighted by atomic mass is 127. The number of hydrogen-bond acceptors (Lipinski definition) is 4. The van der Waals surface area contributed by atoms with Crippen LogP contribution >= 0.6 is 34.2 Å². The second-order valence-corrected chi connectivity index (χ2v) is 9.48. The Bertz CT molecular complexity index is 808. The van der Waals surface area contributed by atoms with Crippen molar-refractivity contribution in [3.63, 3.8) is 0 Å². The van der Waals surface area contributed by atoms with Crippen molar-refractivity contribution in [2.24, 2.45) is 11.1 Å². The molecule has 2 atom stereocenters. The number of aliphatic hydroxyl groups excluding tert-OH is 1. The molecular weight excluding hydrogens is 491 g/mol. The first kappa shape index (κ1) is 22.8. The van der Waals surface area contributed by atoms with E-state index in [4.69, 9.17) is 22.1 Å². The van der Waals surface area contributed by atoms with Crippen molar-refractivity contribution < 1.29 is 14.6 Å². The zero-order valence-corrected chi connectivity index (χ0v) is 19.1. The molecule has 0 saturated carbocycles. The van der Waals surface area contributed by atoms with Gasteiger partial charge in [0, 0.05) is 26.1 Å². The van der Waals surface area contributed by atoms with Crippen LogP contribution in [0.1, 0.15) is 38.9 Å². The van der Waals surface area contributed by atoms with E-state index in [1.54, 1.807) is 24.3 Å². The smallest absolute Gasteiger partial charge is 0.405 e. The maximum atomic E-state index is 11.8. The summed E-state index contributed by atoms with van der Waals surface area (Å²) in [4.78, 5) is 11.8. The number of anilines is 1. The molecule has 5 nitrogen and oxygen atoms in total.